The average molecular weight is 372 g/mol. The van der Waals surface area contributed by atoms with Gasteiger partial charge in [0, 0.05) is 37.2 Å². The van der Waals surface area contributed by atoms with Crippen molar-refractivity contribution >= 4 is 23.4 Å². The van der Waals surface area contributed by atoms with E-state index >= 15 is 0 Å². The number of amides is 1. The van der Waals surface area contributed by atoms with E-state index in [1.807, 2.05) is 25.7 Å². The molecular weight excluding hydrogens is 345 g/mol. The first-order chi connectivity index (χ1) is 11.7. The van der Waals surface area contributed by atoms with Crippen molar-refractivity contribution in [3.63, 3.8) is 0 Å². The second-order valence-electron chi connectivity index (χ2n) is 7.24. The van der Waals surface area contributed by atoms with Crippen molar-refractivity contribution in [3.8, 4) is 0 Å². The summed E-state index contributed by atoms with van der Waals surface area (Å²) in [5.74, 6) is -0.277. The van der Waals surface area contributed by atoms with Gasteiger partial charge < -0.3 is 20.3 Å². The highest BCUT2D eigenvalue weighted by Crippen LogP contribution is 2.25. The van der Waals surface area contributed by atoms with Gasteiger partial charge in [-0.2, -0.15) is 0 Å². The Kier molecular flexibility index (Phi) is 6.90. The number of ether oxygens (including phenoxy) is 1. The molecule has 1 aliphatic heterocycles. The van der Waals surface area contributed by atoms with Gasteiger partial charge in [0.1, 0.15) is 11.4 Å². The zero-order valence-corrected chi connectivity index (χ0v) is 15.8. The summed E-state index contributed by atoms with van der Waals surface area (Å²) in [4.78, 5) is 13.6. The van der Waals surface area contributed by atoms with E-state index in [-0.39, 0.29) is 5.82 Å². The second kappa shape index (κ2) is 8.72. The number of nitrogens with one attached hydrogen (secondary N) is 2. The Bertz CT molecular complexity index is 584. The molecule has 0 spiro atoms. The molecule has 25 heavy (non-hydrogen) atoms. The summed E-state index contributed by atoms with van der Waals surface area (Å²) < 4.78 is 19.2. The summed E-state index contributed by atoms with van der Waals surface area (Å²) in [7, 11) is 0. The summed E-state index contributed by atoms with van der Waals surface area (Å²) in [5, 5.41) is 6.57. The molecule has 0 bridgehead atoms. The summed E-state index contributed by atoms with van der Waals surface area (Å²) in [6.07, 6.45) is 1.45. The predicted molar refractivity (Wildman–Crippen MR) is 98.9 cm³/mol. The quantitative estimate of drug-likeness (QED) is 0.777. The summed E-state index contributed by atoms with van der Waals surface area (Å²) >= 11 is 5.80. The van der Waals surface area contributed by atoms with Gasteiger partial charge in [-0.1, -0.05) is 11.6 Å². The van der Waals surface area contributed by atoms with Crippen molar-refractivity contribution in [3.05, 3.63) is 29.0 Å². The average Bonchev–Trinajstić information content (AvgIpc) is 2.51. The topological polar surface area (TPSA) is 53.6 Å². The van der Waals surface area contributed by atoms with Crippen LogP contribution in [-0.2, 0) is 4.74 Å². The molecule has 1 aromatic carbocycles. The maximum absolute atomic E-state index is 14.0. The van der Waals surface area contributed by atoms with E-state index in [0.29, 0.717) is 29.8 Å². The van der Waals surface area contributed by atoms with Gasteiger partial charge in [-0.05, 0) is 51.8 Å². The van der Waals surface area contributed by atoms with E-state index in [4.69, 9.17) is 16.3 Å². The lowest BCUT2D eigenvalue weighted by molar-refractivity contribution is 0.0528. The van der Waals surface area contributed by atoms with Gasteiger partial charge in [0.15, 0.2) is 0 Å². The van der Waals surface area contributed by atoms with Gasteiger partial charge in [-0.25, -0.2) is 9.18 Å². The Labute approximate surface area is 153 Å². The highest BCUT2D eigenvalue weighted by molar-refractivity contribution is 6.30. The first kappa shape index (κ1) is 19.8. The van der Waals surface area contributed by atoms with Crippen molar-refractivity contribution in [2.45, 2.75) is 45.3 Å². The van der Waals surface area contributed by atoms with Crippen LogP contribution in [0, 0.1) is 5.82 Å². The molecule has 0 atom stereocenters. The number of hydrogen-bond donors (Lipinski definition) is 2. The fourth-order valence-electron chi connectivity index (χ4n) is 2.82. The summed E-state index contributed by atoms with van der Waals surface area (Å²) in [6, 6.07) is 5.17. The number of anilines is 1. The molecule has 1 amide bonds. The van der Waals surface area contributed by atoms with Crippen LogP contribution in [0.5, 0.6) is 0 Å². The minimum Gasteiger partial charge on any atom is -0.444 e. The molecule has 1 heterocycles. The van der Waals surface area contributed by atoms with Crippen LogP contribution in [0.1, 0.15) is 33.6 Å². The monoisotopic (exact) mass is 371 g/mol. The standard InChI is InChI=1S/C18H27ClFN3O2/c1-18(2,3)25-17(24)22-9-8-21-14-6-10-23(11-7-14)16-5-4-13(19)12-15(16)20/h4-5,12,14,21H,6-11H2,1-3H3,(H,22,24). The third kappa shape index (κ3) is 6.71. The number of carbonyl (C=O) groups excluding carboxylic acids is 1. The Hall–Kier alpha value is -1.53. The van der Waals surface area contributed by atoms with Gasteiger partial charge in [0.05, 0.1) is 5.69 Å². The van der Waals surface area contributed by atoms with Crippen LogP contribution >= 0.6 is 11.6 Å². The molecule has 7 heteroatoms. The Morgan fingerprint density at radius 2 is 2.00 bits per heavy atom. The Morgan fingerprint density at radius 3 is 2.60 bits per heavy atom. The second-order valence-corrected chi connectivity index (χ2v) is 7.68. The molecule has 5 nitrogen and oxygen atoms in total. The lowest BCUT2D eigenvalue weighted by atomic mass is 10.0. The molecule has 2 N–H and O–H groups in total. The van der Waals surface area contributed by atoms with Crippen molar-refractivity contribution in [2.75, 3.05) is 31.1 Å². The maximum atomic E-state index is 14.0. The fraction of sp³-hybridized carbons (Fsp3) is 0.611. The first-order valence-corrected chi connectivity index (χ1v) is 9.02. The van der Waals surface area contributed by atoms with Crippen LogP contribution in [-0.4, -0.2) is 43.9 Å². The van der Waals surface area contributed by atoms with Gasteiger partial charge in [-0.15, -0.1) is 0 Å². The number of halogens is 2. The first-order valence-electron chi connectivity index (χ1n) is 8.65. The Morgan fingerprint density at radius 1 is 1.32 bits per heavy atom. The largest absolute Gasteiger partial charge is 0.444 e. The normalized spacial score (nSPS) is 16.0. The molecule has 0 saturated carbocycles. The van der Waals surface area contributed by atoms with E-state index in [1.54, 1.807) is 12.1 Å². The van der Waals surface area contributed by atoms with E-state index in [0.717, 1.165) is 25.9 Å². The molecule has 2 rings (SSSR count). The van der Waals surface area contributed by atoms with Crippen LogP contribution in [0.3, 0.4) is 0 Å². The van der Waals surface area contributed by atoms with Crippen molar-refractivity contribution in [1.82, 2.24) is 10.6 Å². The molecule has 0 aliphatic carbocycles. The zero-order valence-electron chi connectivity index (χ0n) is 15.1. The van der Waals surface area contributed by atoms with Crippen LogP contribution in [0.15, 0.2) is 18.2 Å². The molecule has 0 aromatic heterocycles. The number of rotatable bonds is 5. The SMILES string of the molecule is CC(C)(C)OC(=O)NCCNC1CCN(c2ccc(Cl)cc2F)CC1. The number of piperidine rings is 1. The number of carbonyl (C=O) groups is 1. The minimum absolute atomic E-state index is 0.277. The number of benzene rings is 1. The highest BCUT2D eigenvalue weighted by Gasteiger charge is 2.21. The van der Waals surface area contributed by atoms with Gasteiger partial charge in [-0.3, -0.25) is 0 Å². The number of nitrogens with zero attached hydrogens (tertiary/aromatic N) is 1. The van der Waals surface area contributed by atoms with Gasteiger partial charge in [0.25, 0.3) is 0 Å². The van der Waals surface area contributed by atoms with Gasteiger partial charge >= 0.3 is 6.09 Å². The van der Waals surface area contributed by atoms with E-state index in [9.17, 15) is 9.18 Å². The van der Waals surface area contributed by atoms with Crippen LogP contribution in [0.2, 0.25) is 5.02 Å². The lowest BCUT2D eigenvalue weighted by Crippen LogP contribution is -2.45. The highest BCUT2D eigenvalue weighted by atomic mass is 35.5. The smallest absolute Gasteiger partial charge is 0.407 e. The third-order valence-electron chi connectivity index (χ3n) is 3.97. The van der Waals surface area contributed by atoms with Crippen molar-refractivity contribution in [2.24, 2.45) is 0 Å². The van der Waals surface area contributed by atoms with Crippen molar-refractivity contribution < 1.29 is 13.9 Å². The summed E-state index contributed by atoms with van der Waals surface area (Å²) in [6.45, 7) is 8.28. The van der Waals surface area contributed by atoms with Gasteiger partial charge in [0.2, 0.25) is 0 Å². The zero-order chi connectivity index (χ0) is 18.4. The van der Waals surface area contributed by atoms with E-state index in [1.165, 1.54) is 6.07 Å². The molecule has 0 radical (unpaired) electrons. The van der Waals surface area contributed by atoms with E-state index < -0.39 is 11.7 Å². The molecule has 1 saturated heterocycles. The molecule has 1 aromatic rings. The molecule has 0 unspecified atom stereocenters. The lowest BCUT2D eigenvalue weighted by Gasteiger charge is -2.34. The molecule has 1 fully saturated rings. The van der Waals surface area contributed by atoms with Crippen molar-refractivity contribution in [1.29, 1.82) is 0 Å². The molecule has 1 aliphatic rings. The Balaban J connectivity index is 1.66. The maximum Gasteiger partial charge on any atom is 0.407 e. The fourth-order valence-corrected chi connectivity index (χ4v) is 2.98. The van der Waals surface area contributed by atoms with Crippen LogP contribution < -0.4 is 15.5 Å². The minimum atomic E-state index is -0.485. The third-order valence-corrected chi connectivity index (χ3v) is 4.21. The van der Waals surface area contributed by atoms with Crippen LogP contribution in [0.4, 0.5) is 14.9 Å². The van der Waals surface area contributed by atoms with Crippen LogP contribution in [0.25, 0.3) is 0 Å². The predicted octanol–water partition coefficient (Wildman–Crippen LogP) is 3.56. The molecule has 140 valence electrons. The number of hydrogen-bond acceptors (Lipinski definition) is 4. The van der Waals surface area contributed by atoms with E-state index in [2.05, 4.69) is 10.6 Å². The summed E-state index contributed by atoms with van der Waals surface area (Å²) in [5.41, 5.74) is 0.121. The number of alkyl carbamates (subject to hydrolysis) is 1. The molecular formula is C18H27ClFN3O2.